The molecule has 3 unspecified atom stereocenters. The first kappa shape index (κ1) is 34.0. The van der Waals surface area contributed by atoms with Crippen molar-refractivity contribution in [3.05, 3.63) is 94.2 Å². The maximum Gasteiger partial charge on any atom is 0.293 e. The summed E-state index contributed by atoms with van der Waals surface area (Å²) in [5, 5.41) is 28.1. The minimum absolute atomic E-state index is 0.0552. The molecule has 1 fully saturated rings. The number of hydrogen-bond donors (Lipinski definition) is 3. The van der Waals surface area contributed by atoms with Gasteiger partial charge in [-0.3, -0.25) is 13.9 Å². The minimum atomic E-state index is -3.45. The number of nitrogens with one attached hydrogen (secondary N) is 2. The van der Waals surface area contributed by atoms with Gasteiger partial charge >= 0.3 is 0 Å². The zero-order chi connectivity index (χ0) is 36.4. The number of carbonyl (C=O) groups excluding carboxylic acids is 1. The van der Waals surface area contributed by atoms with Crippen LogP contribution >= 0.6 is 0 Å². The lowest BCUT2D eigenvalue weighted by molar-refractivity contribution is -0.123. The van der Waals surface area contributed by atoms with Crippen LogP contribution in [0.3, 0.4) is 0 Å². The van der Waals surface area contributed by atoms with Crippen LogP contribution in [0.15, 0.2) is 48.7 Å². The monoisotopic (exact) mass is 708 g/mol. The third-order valence-corrected chi connectivity index (χ3v) is 8.86. The number of pyridine rings is 2. The molecule has 1 saturated carbocycles. The highest BCUT2D eigenvalue weighted by Gasteiger charge is 2.67. The number of nitrogens with zero attached hydrogens (tertiary/aromatic N) is 6. The fourth-order valence-corrected chi connectivity index (χ4v) is 6.69. The van der Waals surface area contributed by atoms with Gasteiger partial charge in [0.25, 0.3) is 12.3 Å². The Bertz CT molecular complexity index is 2230. The topological polar surface area (TPSA) is 122 Å². The molecule has 264 valence electrons. The first-order chi connectivity index (χ1) is 24.1. The molecule has 0 saturated heterocycles. The van der Waals surface area contributed by atoms with Crippen molar-refractivity contribution in [3.8, 4) is 23.0 Å². The van der Waals surface area contributed by atoms with Crippen LogP contribution in [0.25, 0.3) is 16.8 Å². The molecule has 2 aliphatic rings. The highest BCUT2D eigenvalue weighted by molar-refractivity contribution is 5.81. The van der Waals surface area contributed by atoms with Crippen molar-refractivity contribution in [1.29, 1.82) is 0 Å². The molecule has 0 spiro atoms. The molecule has 0 aliphatic heterocycles. The number of anilines is 1. The second kappa shape index (κ2) is 12.4. The Balaban J connectivity index is 1.34. The van der Waals surface area contributed by atoms with E-state index in [0.717, 1.165) is 12.1 Å². The summed E-state index contributed by atoms with van der Waals surface area (Å²) >= 11 is 0. The molecule has 0 radical (unpaired) electrons. The molecule has 0 bridgehead atoms. The van der Waals surface area contributed by atoms with E-state index in [-0.39, 0.29) is 35.4 Å². The molecule has 4 aromatic heterocycles. The number of aromatic nitrogens is 6. The predicted molar refractivity (Wildman–Crippen MR) is 172 cm³/mol. The Labute approximate surface area is 286 Å². The van der Waals surface area contributed by atoms with Crippen LogP contribution in [0.1, 0.15) is 72.6 Å². The van der Waals surface area contributed by atoms with Crippen LogP contribution in [0.4, 0.5) is 32.3 Å². The standard InChI is InChI=1S/C35H30F6N8O2/c1-34(2,51)9-8-20-6-7-21(22-5-4-10-48-32(22)45-46-33(48)42-3)28(43-20)25(13-17-11-18(36)14-19(37)12-17)44-26(50)16-49-30-27(29(47-49)31(38)39)23-15-24(23)35(30,40)41/h4-7,10-12,14,23-25,31,51H,13,15-16H2,1-3H3,(H,42,46)(H,44,50). The van der Waals surface area contributed by atoms with Crippen molar-refractivity contribution >= 4 is 17.5 Å². The molecule has 51 heavy (non-hydrogen) atoms. The van der Waals surface area contributed by atoms with Crippen molar-refractivity contribution in [1.82, 2.24) is 34.7 Å². The molecule has 10 nitrogen and oxygen atoms in total. The normalized spacial score (nSPS) is 17.9. The Morgan fingerprint density at radius 2 is 1.84 bits per heavy atom. The van der Waals surface area contributed by atoms with Crippen molar-refractivity contribution in [3.63, 3.8) is 0 Å². The maximum atomic E-state index is 15.3. The van der Waals surface area contributed by atoms with Crippen LogP contribution in [0.2, 0.25) is 0 Å². The largest absolute Gasteiger partial charge is 0.378 e. The van der Waals surface area contributed by atoms with E-state index in [1.54, 1.807) is 41.9 Å². The number of aliphatic hydroxyl groups is 1. The van der Waals surface area contributed by atoms with E-state index in [9.17, 15) is 27.5 Å². The molecular formula is C35H30F6N8O2. The van der Waals surface area contributed by atoms with E-state index in [4.69, 9.17) is 4.98 Å². The Morgan fingerprint density at radius 1 is 1.10 bits per heavy atom. The zero-order valence-corrected chi connectivity index (χ0v) is 27.4. The molecular weight excluding hydrogens is 678 g/mol. The van der Waals surface area contributed by atoms with Gasteiger partial charge in [-0.2, -0.15) is 13.9 Å². The van der Waals surface area contributed by atoms with Gasteiger partial charge < -0.3 is 15.7 Å². The highest BCUT2D eigenvalue weighted by Crippen LogP contribution is 2.68. The van der Waals surface area contributed by atoms with Gasteiger partial charge in [0, 0.05) is 41.9 Å². The van der Waals surface area contributed by atoms with Crippen molar-refractivity contribution < 1.29 is 36.2 Å². The first-order valence-electron chi connectivity index (χ1n) is 15.9. The Hall–Kier alpha value is -5.43. The lowest BCUT2D eigenvalue weighted by atomic mass is 9.95. The van der Waals surface area contributed by atoms with Gasteiger partial charge in [0.1, 0.15) is 40.9 Å². The number of halogens is 6. The second-order valence-electron chi connectivity index (χ2n) is 13.1. The summed E-state index contributed by atoms with van der Waals surface area (Å²) in [6.07, 6.45) is -1.61. The molecule has 5 aromatic rings. The molecule has 2 aliphatic carbocycles. The smallest absolute Gasteiger partial charge is 0.293 e. The number of carbonyl (C=O) groups is 1. The van der Waals surface area contributed by atoms with Gasteiger partial charge in [-0.15, -0.1) is 10.2 Å². The number of rotatable bonds is 9. The van der Waals surface area contributed by atoms with Crippen LogP contribution in [-0.2, 0) is 23.7 Å². The number of benzene rings is 1. The molecule has 16 heteroatoms. The lowest BCUT2D eigenvalue weighted by Crippen LogP contribution is -2.35. The number of alkyl halides is 4. The minimum Gasteiger partial charge on any atom is -0.378 e. The van der Waals surface area contributed by atoms with Crippen molar-refractivity contribution in [2.45, 2.75) is 63.1 Å². The summed E-state index contributed by atoms with van der Waals surface area (Å²) in [5.74, 6) is -2.13. The average Bonchev–Trinajstić information content (AvgIpc) is 3.51. The van der Waals surface area contributed by atoms with Gasteiger partial charge in [0.05, 0.1) is 11.7 Å². The van der Waals surface area contributed by atoms with Crippen LogP contribution in [-0.4, -0.2) is 53.0 Å². The third-order valence-electron chi connectivity index (χ3n) is 8.86. The maximum absolute atomic E-state index is 15.3. The molecule has 7 rings (SSSR count). The average molecular weight is 709 g/mol. The predicted octanol–water partition coefficient (Wildman–Crippen LogP) is 5.68. The first-order valence-corrected chi connectivity index (χ1v) is 15.9. The zero-order valence-electron chi connectivity index (χ0n) is 27.4. The Morgan fingerprint density at radius 3 is 2.53 bits per heavy atom. The van der Waals surface area contributed by atoms with Gasteiger partial charge in [0.2, 0.25) is 11.9 Å². The van der Waals surface area contributed by atoms with Crippen molar-refractivity contribution in [2.24, 2.45) is 5.92 Å². The van der Waals surface area contributed by atoms with Gasteiger partial charge in [0.15, 0.2) is 5.65 Å². The third kappa shape index (κ3) is 6.37. The molecule has 1 aromatic carbocycles. The van der Waals surface area contributed by atoms with E-state index in [0.29, 0.717) is 33.5 Å². The van der Waals surface area contributed by atoms with Crippen molar-refractivity contribution in [2.75, 3.05) is 12.4 Å². The number of amides is 1. The second-order valence-corrected chi connectivity index (χ2v) is 13.1. The number of fused-ring (bicyclic) bond motifs is 4. The summed E-state index contributed by atoms with van der Waals surface area (Å²) < 4.78 is 89.5. The Kier molecular flexibility index (Phi) is 8.28. The fraction of sp³-hybridized carbons (Fsp3) is 0.343. The van der Waals surface area contributed by atoms with E-state index in [1.807, 2.05) is 0 Å². The molecule has 1 amide bonds. The lowest BCUT2D eigenvalue weighted by Gasteiger charge is -2.23. The highest BCUT2D eigenvalue weighted by atomic mass is 19.3. The van der Waals surface area contributed by atoms with Crippen LogP contribution in [0, 0.1) is 29.4 Å². The number of hydrogen-bond acceptors (Lipinski definition) is 7. The summed E-state index contributed by atoms with van der Waals surface area (Å²) in [6, 6.07) is 8.29. The summed E-state index contributed by atoms with van der Waals surface area (Å²) in [5.41, 5.74) is -1.41. The molecule has 4 heterocycles. The molecule has 3 N–H and O–H groups in total. The van der Waals surface area contributed by atoms with Crippen LogP contribution in [0.5, 0.6) is 0 Å². The fourth-order valence-electron chi connectivity index (χ4n) is 6.69. The van der Waals surface area contributed by atoms with E-state index in [1.165, 1.54) is 13.8 Å². The quantitative estimate of drug-likeness (QED) is 0.133. The van der Waals surface area contributed by atoms with E-state index >= 15 is 8.78 Å². The summed E-state index contributed by atoms with van der Waals surface area (Å²) in [7, 11) is 1.66. The van der Waals surface area contributed by atoms with Gasteiger partial charge in [-0.1, -0.05) is 5.92 Å². The SMILES string of the molecule is CNc1nnc2c(-c3ccc(C#CC(C)(C)O)nc3C(Cc3cc(F)cc(F)c3)NC(=O)Cn3nc(C(F)F)c4c3C(F)(F)C3CC43)cccn12. The summed E-state index contributed by atoms with van der Waals surface area (Å²) in [6.45, 7) is 2.10. The molecule has 3 atom stereocenters. The summed E-state index contributed by atoms with van der Waals surface area (Å²) in [4.78, 5) is 18.5. The van der Waals surface area contributed by atoms with E-state index < -0.39 is 71.3 Å². The van der Waals surface area contributed by atoms with Gasteiger partial charge in [-0.05, 0) is 80.5 Å². The van der Waals surface area contributed by atoms with Gasteiger partial charge in [-0.25, -0.2) is 22.5 Å². The van der Waals surface area contributed by atoms with E-state index in [2.05, 4.69) is 37.8 Å². The van der Waals surface area contributed by atoms with Crippen LogP contribution < -0.4 is 10.6 Å².